The SMILES string of the molecule is Cc1sc2nc(C3CC3)n(C3CCN(CC(=O)N(C(C)C)C(C)C)CC3)c(=O)c2c1C. The van der Waals surface area contributed by atoms with Crippen LogP contribution in [0.3, 0.4) is 0 Å². The topological polar surface area (TPSA) is 58.4 Å². The van der Waals surface area contributed by atoms with Crippen LogP contribution < -0.4 is 5.56 Å². The van der Waals surface area contributed by atoms with Crippen LogP contribution in [0.1, 0.15) is 81.6 Å². The number of nitrogens with zero attached hydrogens (tertiary/aromatic N) is 4. The van der Waals surface area contributed by atoms with Gasteiger partial charge >= 0.3 is 0 Å². The van der Waals surface area contributed by atoms with Crippen LogP contribution in [-0.4, -0.2) is 57.0 Å². The second-order valence-corrected chi connectivity index (χ2v) is 11.1. The Kier molecular flexibility index (Phi) is 6.28. The van der Waals surface area contributed by atoms with E-state index in [-0.39, 0.29) is 29.6 Å². The second kappa shape index (κ2) is 8.66. The van der Waals surface area contributed by atoms with Gasteiger partial charge in [-0.25, -0.2) is 4.98 Å². The number of aromatic nitrogens is 2. The molecular formula is C24H36N4O2S. The monoisotopic (exact) mass is 444 g/mol. The van der Waals surface area contributed by atoms with E-state index >= 15 is 0 Å². The number of amides is 1. The lowest BCUT2D eigenvalue weighted by Gasteiger charge is -2.36. The Labute approximate surface area is 189 Å². The molecule has 1 saturated heterocycles. The van der Waals surface area contributed by atoms with E-state index in [1.54, 1.807) is 11.3 Å². The Morgan fingerprint density at radius 2 is 1.71 bits per heavy atom. The molecule has 2 aromatic rings. The number of carbonyl (C=O) groups is 1. The van der Waals surface area contributed by atoms with Crippen molar-refractivity contribution in [3.8, 4) is 0 Å². The van der Waals surface area contributed by atoms with Crippen molar-refractivity contribution in [2.75, 3.05) is 19.6 Å². The molecule has 2 fully saturated rings. The van der Waals surface area contributed by atoms with E-state index in [0.29, 0.717) is 12.5 Å². The average Bonchev–Trinajstić information content (AvgIpc) is 3.48. The summed E-state index contributed by atoms with van der Waals surface area (Å²) >= 11 is 1.65. The molecule has 2 aliphatic rings. The molecule has 170 valence electrons. The summed E-state index contributed by atoms with van der Waals surface area (Å²) in [4.78, 5) is 37.7. The smallest absolute Gasteiger partial charge is 0.262 e. The predicted octanol–water partition coefficient (Wildman–Crippen LogP) is 4.23. The Bertz CT molecular complexity index is 1020. The molecular weight excluding hydrogens is 408 g/mol. The van der Waals surface area contributed by atoms with Crippen LogP contribution in [0.25, 0.3) is 10.2 Å². The molecule has 0 aromatic carbocycles. The minimum absolute atomic E-state index is 0.147. The van der Waals surface area contributed by atoms with Crippen LogP contribution in [0.15, 0.2) is 4.79 Å². The van der Waals surface area contributed by atoms with Gasteiger partial charge in [0.1, 0.15) is 10.7 Å². The average molecular weight is 445 g/mol. The molecule has 1 saturated carbocycles. The van der Waals surface area contributed by atoms with Crippen molar-refractivity contribution in [2.45, 2.75) is 91.3 Å². The van der Waals surface area contributed by atoms with Crippen LogP contribution in [0.2, 0.25) is 0 Å². The van der Waals surface area contributed by atoms with Crippen molar-refractivity contribution in [2.24, 2.45) is 0 Å². The fourth-order valence-corrected chi connectivity index (χ4v) is 6.11. The number of aryl methyl sites for hydroxylation is 2. The summed E-state index contributed by atoms with van der Waals surface area (Å²) in [6.45, 7) is 14.6. The van der Waals surface area contributed by atoms with Crippen LogP contribution in [0, 0.1) is 13.8 Å². The summed E-state index contributed by atoms with van der Waals surface area (Å²) in [6.07, 6.45) is 4.06. The van der Waals surface area contributed by atoms with Gasteiger partial charge in [0.15, 0.2) is 0 Å². The maximum atomic E-state index is 13.6. The second-order valence-electron chi connectivity index (χ2n) is 9.88. The van der Waals surface area contributed by atoms with Gasteiger partial charge < -0.3 is 4.90 Å². The van der Waals surface area contributed by atoms with Crippen molar-refractivity contribution in [3.63, 3.8) is 0 Å². The number of hydrogen-bond donors (Lipinski definition) is 0. The van der Waals surface area contributed by atoms with Gasteiger partial charge in [0.2, 0.25) is 5.91 Å². The lowest BCUT2D eigenvalue weighted by Crippen LogP contribution is -2.49. The van der Waals surface area contributed by atoms with Crippen molar-refractivity contribution >= 4 is 27.5 Å². The molecule has 1 aliphatic carbocycles. The maximum Gasteiger partial charge on any atom is 0.262 e. The van der Waals surface area contributed by atoms with E-state index in [4.69, 9.17) is 4.98 Å². The lowest BCUT2D eigenvalue weighted by molar-refractivity contribution is -0.136. The molecule has 7 heteroatoms. The summed E-state index contributed by atoms with van der Waals surface area (Å²) in [5, 5.41) is 0.814. The minimum atomic E-state index is 0.147. The number of likely N-dealkylation sites (tertiary alicyclic amines) is 1. The number of carbonyl (C=O) groups excluding carboxylic acids is 1. The van der Waals surface area contributed by atoms with Gasteiger partial charge in [-0.15, -0.1) is 11.3 Å². The Hall–Kier alpha value is -1.73. The lowest BCUT2D eigenvalue weighted by atomic mass is 10.0. The van der Waals surface area contributed by atoms with Gasteiger partial charge in [0.05, 0.1) is 11.9 Å². The van der Waals surface area contributed by atoms with Gasteiger partial charge in [-0.1, -0.05) is 0 Å². The molecule has 0 radical (unpaired) electrons. The first-order chi connectivity index (χ1) is 14.7. The summed E-state index contributed by atoms with van der Waals surface area (Å²) in [6, 6.07) is 0.594. The number of hydrogen-bond acceptors (Lipinski definition) is 5. The molecule has 0 unspecified atom stereocenters. The van der Waals surface area contributed by atoms with Crippen LogP contribution in [-0.2, 0) is 4.79 Å². The van der Waals surface area contributed by atoms with E-state index in [1.807, 2.05) is 16.4 Å². The highest BCUT2D eigenvalue weighted by Gasteiger charge is 2.34. The molecule has 3 heterocycles. The first-order valence-electron chi connectivity index (χ1n) is 11.7. The molecule has 4 rings (SSSR count). The molecule has 1 aliphatic heterocycles. The van der Waals surface area contributed by atoms with E-state index in [2.05, 4.69) is 39.5 Å². The highest BCUT2D eigenvalue weighted by molar-refractivity contribution is 7.18. The van der Waals surface area contributed by atoms with Crippen molar-refractivity contribution < 1.29 is 4.79 Å². The van der Waals surface area contributed by atoms with Gasteiger partial charge in [-0.2, -0.15) is 0 Å². The first kappa shape index (κ1) is 22.5. The molecule has 0 atom stereocenters. The normalized spacial score (nSPS) is 18.5. The third kappa shape index (κ3) is 4.31. The highest BCUT2D eigenvalue weighted by atomic mass is 32.1. The molecule has 0 spiro atoms. The number of thiophene rings is 1. The summed E-state index contributed by atoms with van der Waals surface area (Å²) in [5.74, 6) is 1.64. The fourth-order valence-electron chi connectivity index (χ4n) is 5.09. The number of fused-ring (bicyclic) bond motifs is 1. The number of piperidine rings is 1. The minimum Gasteiger partial charge on any atom is -0.337 e. The zero-order valence-corrected chi connectivity index (χ0v) is 20.6. The standard InChI is InChI=1S/C24H36N4O2S/c1-14(2)27(15(3)4)20(29)13-26-11-9-19(10-12-26)28-22(18-7-8-18)25-23-21(24(28)30)16(5)17(6)31-23/h14-15,18-19H,7-13H2,1-6H3. The highest BCUT2D eigenvalue weighted by Crippen LogP contribution is 2.41. The van der Waals surface area contributed by atoms with E-state index in [9.17, 15) is 9.59 Å². The number of rotatable bonds is 6. The molecule has 1 amide bonds. The largest absolute Gasteiger partial charge is 0.337 e. The zero-order valence-electron chi connectivity index (χ0n) is 19.8. The molecule has 6 nitrogen and oxygen atoms in total. The van der Waals surface area contributed by atoms with Crippen LogP contribution in [0.4, 0.5) is 0 Å². The third-order valence-corrected chi connectivity index (χ3v) is 7.99. The molecule has 0 bridgehead atoms. The Morgan fingerprint density at radius 3 is 2.26 bits per heavy atom. The third-order valence-electron chi connectivity index (χ3n) is 6.89. The van der Waals surface area contributed by atoms with Crippen LogP contribution in [0.5, 0.6) is 0 Å². The maximum absolute atomic E-state index is 13.6. The summed E-state index contributed by atoms with van der Waals surface area (Å²) < 4.78 is 2.03. The van der Waals surface area contributed by atoms with Gasteiger partial charge in [-0.05, 0) is 72.8 Å². The summed E-state index contributed by atoms with van der Waals surface area (Å²) in [7, 11) is 0. The molecule has 0 N–H and O–H groups in total. The zero-order chi connectivity index (χ0) is 22.4. The van der Waals surface area contributed by atoms with Crippen molar-refractivity contribution in [1.82, 2.24) is 19.4 Å². The first-order valence-corrected chi connectivity index (χ1v) is 12.6. The molecule has 31 heavy (non-hydrogen) atoms. The Morgan fingerprint density at radius 1 is 1.10 bits per heavy atom. The van der Waals surface area contributed by atoms with Gasteiger partial charge in [-0.3, -0.25) is 19.1 Å². The van der Waals surface area contributed by atoms with Crippen molar-refractivity contribution in [3.05, 3.63) is 26.6 Å². The van der Waals surface area contributed by atoms with Crippen LogP contribution >= 0.6 is 11.3 Å². The van der Waals surface area contributed by atoms with Gasteiger partial charge in [0, 0.05) is 42.0 Å². The predicted molar refractivity (Wildman–Crippen MR) is 127 cm³/mol. The van der Waals surface area contributed by atoms with E-state index in [0.717, 1.165) is 60.4 Å². The Balaban J connectivity index is 1.53. The molecule has 2 aromatic heterocycles. The van der Waals surface area contributed by atoms with E-state index in [1.165, 1.54) is 4.88 Å². The quantitative estimate of drug-likeness (QED) is 0.669. The van der Waals surface area contributed by atoms with E-state index < -0.39 is 0 Å². The summed E-state index contributed by atoms with van der Waals surface area (Å²) in [5.41, 5.74) is 1.23. The fraction of sp³-hybridized carbons (Fsp3) is 0.708. The van der Waals surface area contributed by atoms with Gasteiger partial charge in [0.25, 0.3) is 5.56 Å². The van der Waals surface area contributed by atoms with Crippen molar-refractivity contribution in [1.29, 1.82) is 0 Å².